The highest BCUT2D eigenvalue weighted by Crippen LogP contribution is 2.08. The summed E-state index contributed by atoms with van der Waals surface area (Å²) in [7, 11) is 0. The first-order valence-electron chi connectivity index (χ1n) is 4.46. The van der Waals surface area contributed by atoms with Crippen LogP contribution in [0.3, 0.4) is 0 Å². The molecule has 1 aromatic rings. The maximum atomic E-state index is 5.46. The molecule has 1 nitrogen and oxygen atoms in total. The molecule has 0 atom stereocenters. The number of benzene rings is 1. The van der Waals surface area contributed by atoms with Crippen LogP contribution >= 0.6 is 0 Å². The minimum absolute atomic E-state index is 0.742. The molecule has 0 aliphatic carbocycles. The van der Waals surface area contributed by atoms with Crippen molar-refractivity contribution in [3.05, 3.63) is 30.3 Å². The maximum Gasteiger partial charge on any atom is 0.119 e. The molecule has 0 saturated carbocycles. The van der Waals surface area contributed by atoms with E-state index in [-0.39, 0.29) is 0 Å². The van der Waals surface area contributed by atoms with Crippen LogP contribution in [0.15, 0.2) is 24.3 Å². The summed E-state index contributed by atoms with van der Waals surface area (Å²) in [5.74, 6) is 3.51. The smallest absolute Gasteiger partial charge is 0.119 e. The Kier molecular flexibility index (Phi) is 4.56. The van der Waals surface area contributed by atoms with Gasteiger partial charge in [0.2, 0.25) is 0 Å². The Bertz CT molecular complexity index is 258. The van der Waals surface area contributed by atoms with E-state index in [1.165, 1.54) is 0 Å². The predicted molar refractivity (Wildman–Crippen MR) is 53.5 cm³/mol. The van der Waals surface area contributed by atoms with E-state index in [0.717, 1.165) is 31.6 Å². The van der Waals surface area contributed by atoms with Crippen LogP contribution in [-0.4, -0.2) is 6.61 Å². The van der Waals surface area contributed by atoms with Crippen LogP contribution in [-0.2, 0) is 0 Å². The standard InChI is InChI=1S/C12H13O/c1-2-3-4-8-11-13-12-9-6-5-7-10-12/h1,6-7,9-10H,3-4,8,11H2. The van der Waals surface area contributed by atoms with Gasteiger partial charge in [-0.3, -0.25) is 0 Å². The van der Waals surface area contributed by atoms with Gasteiger partial charge in [-0.25, -0.2) is 0 Å². The molecule has 0 saturated heterocycles. The van der Waals surface area contributed by atoms with Crippen molar-refractivity contribution in [2.75, 3.05) is 6.61 Å². The number of hydrogen-bond donors (Lipinski definition) is 0. The molecule has 0 aliphatic heterocycles. The van der Waals surface area contributed by atoms with Crippen LogP contribution in [0, 0.1) is 18.4 Å². The summed E-state index contributed by atoms with van der Waals surface area (Å²) in [6.07, 6.45) is 8.02. The highest BCUT2D eigenvalue weighted by Gasteiger charge is 1.90. The summed E-state index contributed by atoms with van der Waals surface area (Å²) in [5, 5.41) is 0. The Balaban J connectivity index is 2.11. The van der Waals surface area contributed by atoms with Gasteiger partial charge in [0.15, 0.2) is 0 Å². The van der Waals surface area contributed by atoms with E-state index in [1.54, 1.807) is 0 Å². The minimum Gasteiger partial charge on any atom is -0.494 e. The third kappa shape index (κ3) is 4.22. The normalized spacial score (nSPS) is 9.15. The van der Waals surface area contributed by atoms with Crippen molar-refractivity contribution < 1.29 is 4.74 Å². The van der Waals surface area contributed by atoms with Crippen LogP contribution in [0.25, 0.3) is 0 Å². The van der Waals surface area contributed by atoms with Crippen LogP contribution < -0.4 is 4.74 Å². The summed E-state index contributed by atoms with van der Waals surface area (Å²) < 4.78 is 5.46. The highest BCUT2D eigenvalue weighted by molar-refractivity contribution is 5.20. The molecule has 0 heterocycles. The fourth-order valence-corrected chi connectivity index (χ4v) is 0.987. The van der Waals surface area contributed by atoms with Crippen LogP contribution in [0.5, 0.6) is 5.75 Å². The molecular weight excluding hydrogens is 160 g/mol. The molecule has 1 rings (SSSR count). The summed E-state index contributed by atoms with van der Waals surface area (Å²) >= 11 is 0. The van der Waals surface area contributed by atoms with E-state index in [2.05, 4.69) is 12.0 Å². The van der Waals surface area contributed by atoms with Gasteiger partial charge in [0.05, 0.1) is 6.61 Å². The Morgan fingerprint density at radius 3 is 2.77 bits per heavy atom. The highest BCUT2D eigenvalue weighted by atomic mass is 16.5. The molecule has 0 fully saturated rings. The summed E-state index contributed by atoms with van der Waals surface area (Å²) in [5.41, 5.74) is 0. The van der Waals surface area contributed by atoms with Crippen molar-refractivity contribution in [3.8, 4) is 18.1 Å². The lowest BCUT2D eigenvalue weighted by atomic mass is 10.2. The van der Waals surface area contributed by atoms with Crippen molar-refractivity contribution in [3.63, 3.8) is 0 Å². The van der Waals surface area contributed by atoms with Crippen molar-refractivity contribution in [1.29, 1.82) is 0 Å². The first kappa shape index (κ1) is 9.67. The third-order valence-electron chi connectivity index (χ3n) is 1.67. The Morgan fingerprint density at radius 2 is 2.08 bits per heavy atom. The van der Waals surface area contributed by atoms with Crippen molar-refractivity contribution in [1.82, 2.24) is 0 Å². The average Bonchev–Trinajstić information content (AvgIpc) is 2.19. The second-order valence-corrected chi connectivity index (χ2v) is 2.75. The van der Waals surface area contributed by atoms with Crippen molar-refractivity contribution >= 4 is 0 Å². The molecule has 0 unspecified atom stereocenters. The van der Waals surface area contributed by atoms with Gasteiger partial charge < -0.3 is 4.74 Å². The number of terminal acetylenes is 1. The fourth-order valence-electron chi connectivity index (χ4n) is 0.987. The minimum atomic E-state index is 0.742. The lowest BCUT2D eigenvalue weighted by molar-refractivity contribution is 0.307. The van der Waals surface area contributed by atoms with Gasteiger partial charge in [-0.1, -0.05) is 12.1 Å². The van der Waals surface area contributed by atoms with Gasteiger partial charge in [-0.2, -0.15) is 0 Å². The van der Waals surface area contributed by atoms with Crippen molar-refractivity contribution in [2.24, 2.45) is 0 Å². The van der Waals surface area contributed by atoms with E-state index >= 15 is 0 Å². The topological polar surface area (TPSA) is 9.23 Å². The molecule has 0 spiro atoms. The van der Waals surface area contributed by atoms with E-state index < -0.39 is 0 Å². The molecule has 0 aliphatic rings. The molecule has 0 bridgehead atoms. The maximum absolute atomic E-state index is 5.46. The zero-order valence-electron chi connectivity index (χ0n) is 7.62. The monoisotopic (exact) mass is 173 g/mol. The molecule has 13 heavy (non-hydrogen) atoms. The van der Waals surface area contributed by atoms with Gasteiger partial charge in [0.1, 0.15) is 5.75 Å². The van der Waals surface area contributed by atoms with E-state index in [4.69, 9.17) is 11.2 Å². The van der Waals surface area contributed by atoms with E-state index in [9.17, 15) is 0 Å². The summed E-state index contributed by atoms with van der Waals surface area (Å²) in [6.45, 7) is 0.742. The molecule has 1 heteroatoms. The molecule has 1 aromatic carbocycles. The first-order valence-corrected chi connectivity index (χ1v) is 4.46. The van der Waals surface area contributed by atoms with Gasteiger partial charge in [-0.05, 0) is 31.0 Å². The summed E-state index contributed by atoms with van der Waals surface area (Å²) in [6, 6.07) is 10.4. The van der Waals surface area contributed by atoms with Crippen molar-refractivity contribution in [2.45, 2.75) is 19.3 Å². The lowest BCUT2D eigenvalue weighted by Gasteiger charge is -2.03. The lowest BCUT2D eigenvalue weighted by Crippen LogP contribution is -1.96. The fraction of sp³-hybridized carbons (Fsp3) is 0.333. The zero-order chi connectivity index (χ0) is 9.36. The second-order valence-electron chi connectivity index (χ2n) is 2.75. The van der Waals surface area contributed by atoms with E-state index in [0.29, 0.717) is 0 Å². The van der Waals surface area contributed by atoms with Crippen LogP contribution in [0.1, 0.15) is 19.3 Å². The third-order valence-corrected chi connectivity index (χ3v) is 1.67. The number of ether oxygens (including phenoxy) is 1. The number of hydrogen-bond acceptors (Lipinski definition) is 1. The average molecular weight is 173 g/mol. The number of unbranched alkanes of at least 4 members (excludes halogenated alkanes) is 2. The van der Waals surface area contributed by atoms with Gasteiger partial charge in [0.25, 0.3) is 0 Å². The van der Waals surface area contributed by atoms with Crippen LogP contribution in [0.4, 0.5) is 0 Å². The first-order chi connectivity index (χ1) is 6.43. The molecular formula is C12H13O. The summed E-state index contributed by atoms with van der Waals surface area (Å²) in [4.78, 5) is 0. The number of rotatable bonds is 5. The Hall–Kier alpha value is -1.42. The predicted octanol–water partition coefficient (Wildman–Crippen LogP) is 2.67. The van der Waals surface area contributed by atoms with Crippen LogP contribution in [0.2, 0.25) is 0 Å². The molecule has 0 aromatic heterocycles. The quantitative estimate of drug-likeness (QED) is 0.491. The SMILES string of the molecule is C#CCCCCOc1cc[c]cc1. The molecule has 67 valence electrons. The van der Waals surface area contributed by atoms with Gasteiger partial charge in [0, 0.05) is 6.42 Å². The molecule has 0 N–H and O–H groups in total. The molecule has 1 radical (unpaired) electrons. The van der Waals surface area contributed by atoms with Gasteiger partial charge in [-0.15, -0.1) is 12.3 Å². The largest absolute Gasteiger partial charge is 0.494 e. The Morgan fingerprint density at radius 1 is 1.31 bits per heavy atom. The van der Waals surface area contributed by atoms with Gasteiger partial charge >= 0.3 is 0 Å². The second kappa shape index (κ2) is 6.14. The van der Waals surface area contributed by atoms with E-state index in [1.807, 2.05) is 24.3 Å². The Labute approximate surface area is 79.7 Å². The molecule has 0 amide bonds. The zero-order valence-corrected chi connectivity index (χ0v) is 7.62.